The van der Waals surface area contributed by atoms with E-state index in [0.29, 0.717) is 5.92 Å². The van der Waals surface area contributed by atoms with Gasteiger partial charge >= 0.3 is 0 Å². The van der Waals surface area contributed by atoms with E-state index in [0.717, 1.165) is 23.9 Å². The van der Waals surface area contributed by atoms with Crippen LogP contribution in [0.2, 0.25) is 0 Å². The first kappa shape index (κ1) is 11.0. The van der Waals surface area contributed by atoms with Crippen LogP contribution in [0.5, 0.6) is 0 Å². The fourth-order valence-corrected chi connectivity index (χ4v) is 3.14. The lowest BCUT2D eigenvalue weighted by Gasteiger charge is -2.24. The molecule has 2 aliphatic rings. The molecule has 0 bridgehead atoms. The average Bonchev–Trinajstić information content (AvgIpc) is 3.10. The summed E-state index contributed by atoms with van der Waals surface area (Å²) in [6.45, 7) is 0. The number of nitriles is 1. The molecule has 4 rings (SSSR count). The summed E-state index contributed by atoms with van der Waals surface area (Å²) in [5.41, 5.74) is 3.20. The normalized spacial score (nSPS) is 21.1. The SMILES string of the molecule is Cn1c(C2CCC2)nc2cc(C3(C#N)CC3)ccc21. The van der Waals surface area contributed by atoms with Crippen LogP contribution in [-0.2, 0) is 12.5 Å². The first-order valence-corrected chi connectivity index (χ1v) is 7.12. The quantitative estimate of drug-likeness (QED) is 0.821. The van der Waals surface area contributed by atoms with E-state index in [1.165, 1.54) is 30.6 Å². The number of hydrogen-bond acceptors (Lipinski definition) is 2. The molecule has 0 aliphatic heterocycles. The van der Waals surface area contributed by atoms with Crippen molar-refractivity contribution in [3.63, 3.8) is 0 Å². The Hall–Kier alpha value is -1.82. The van der Waals surface area contributed by atoms with Crippen LogP contribution in [0.1, 0.15) is 49.4 Å². The second-order valence-corrected chi connectivity index (χ2v) is 6.05. The van der Waals surface area contributed by atoms with Gasteiger partial charge in [0, 0.05) is 13.0 Å². The highest BCUT2D eigenvalue weighted by molar-refractivity contribution is 5.78. The minimum absolute atomic E-state index is 0.206. The van der Waals surface area contributed by atoms with Gasteiger partial charge in [-0.3, -0.25) is 0 Å². The van der Waals surface area contributed by atoms with E-state index in [-0.39, 0.29) is 5.41 Å². The average molecular weight is 251 g/mol. The van der Waals surface area contributed by atoms with Gasteiger partial charge in [0.2, 0.25) is 0 Å². The number of aryl methyl sites for hydroxylation is 1. The molecule has 2 aliphatic carbocycles. The van der Waals surface area contributed by atoms with Gasteiger partial charge < -0.3 is 4.57 Å². The molecule has 0 spiro atoms. The third kappa shape index (κ3) is 1.46. The molecule has 0 N–H and O–H groups in total. The molecule has 19 heavy (non-hydrogen) atoms. The zero-order chi connectivity index (χ0) is 13.0. The van der Waals surface area contributed by atoms with Gasteiger partial charge in [-0.1, -0.05) is 12.5 Å². The van der Waals surface area contributed by atoms with Crippen molar-refractivity contribution in [3.8, 4) is 6.07 Å². The molecule has 2 fully saturated rings. The standard InChI is InChI=1S/C16H17N3/c1-19-14-6-5-12(16(10-17)7-8-16)9-13(14)18-15(19)11-3-2-4-11/h5-6,9,11H,2-4,7-8H2,1H3. The van der Waals surface area contributed by atoms with E-state index >= 15 is 0 Å². The minimum atomic E-state index is -0.206. The molecule has 0 atom stereocenters. The molecule has 0 unspecified atom stereocenters. The van der Waals surface area contributed by atoms with E-state index in [1.54, 1.807) is 0 Å². The second kappa shape index (κ2) is 3.60. The number of fused-ring (bicyclic) bond motifs is 1. The van der Waals surface area contributed by atoms with Gasteiger partial charge in [0.1, 0.15) is 5.82 Å². The van der Waals surface area contributed by atoms with Crippen molar-refractivity contribution in [2.45, 2.75) is 43.4 Å². The molecule has 96 valence electrons. The van der Waals surface area contributed by atoms with Crippen LogP contribution in [-0.4, -0.2) is 9.55 Å². The lowest BCUT2D eigenvalue weighted by molar-refractivity contribution is 0.395. The fraction of sp³-hybridized carbons (Fsp3) is 0.500. The maximum absolute atomic E-state index is 9.30. The summed E-state index contributed by atoms with van der Waals surface area (Å²) in [5.74, 6) is 1.87. The number of nitrogens with zero attached hydrogens (tertiary/aromatic N) is 3. The Bertz CT molecular complexity index is 697. The smallest absolute Gasteiger partial charge is 0.112 e. The summed E-state index contributed by atoms with van der Waals surface area (Å²) in [6, 6.07) is 8.85. The monoisotopic (exact) mass is 251 g/mol. The molecule has 3 heteroatoms. The Morgan fingerprint density at radius 3 is 2.74 bits per heavy atom. The van der Waals surface area contributed by atoms with E-state index in [4.69, 9.17) is 4.98 Å². The highest BCUT2D eigenvalue weighted by Gasteiger charge is 2.45. The van der Waals surface area contributed by atoms with Crippen molar-refractivity contribution in [1.82, 2.24) is 9.55 Å². The van der Waals surface area contributed by atoms with E-state index in [9.17, 15) is 5.26 Å². The Morgan fingerprint density at radius 1 is 1.37 bits per heavy atom. The predicted molar refractivity (Wildman–Crippen MR) is 73.8 cm³/mol. The number of hydrogen-bond donors (Lipinski definition) is 0. The minimum Gasteiger partial charge on any atom is -0.331 e. The molecule has 1 aromatic heterocycles. The summed E-state index contributed by atoms with van der Waals surface area (Å²) in [5, 5.41) is 9.30. The Kier molecular flexibility index (Phi) is 2.09. The van der Waals surface area contributed by atoms with Gasteiger partial charge in [0.15, 0.2) is 0 Å². The third-order valence-corrected chi connectivity index (χ3v) is 4.90. The summed E-state index contributed by atoms with van der Waals surface area (Å²) < 4.78 is 2.23. The summed E-state index contributed by atoms with van der Waals surface area (Å²) in [4.78, 5) is 4.82. The molecule has 0 amide bonds. The molecule has 2 saturated carbocycles. The summed E-state index contributed by atoms with van der Waals surface area (Å²) >= 11 is 0. The van der Waals surface area contributed by atoms with E-state index in [1.807, 2.05) is 0 Å². The van der Waals surface area contributed by atoms with Crippen LogP contribution in [0.4, 0.5) is 0 Å². The van der Waals surface area contributed by atoms with Crippen LogP contribution < -0.4 is 0 Å². The van der Waals surface area contributed by atoms with Crippen LogP contribution in [0.25, 0.3) is 11.0 Å². The first-order valence-electron chi connectivity index (χ1n) is 7.12. The molecular weight excluding hydrogens is 234 g/mol. The van der Waals surface area contributed by atoms with Crippen molar-refractivity contribution < 1.29 is 0 Å². The van der Waals surface area contributed by atoms with Gasteiger partial charge in [-0.15, -0.1) is 0 Å². The van der Waals surface area contributed by atoms with Crippen LogP contribution >= 0.6 is 0 Å². The number of imidazole rings is 1. The molecule has 0 saturated heterocycles. The second-order valence-electron chi connectivity index (χ2n) is 6.05. The molecule has 0 radical (unpaired) electrons. The van der Waals surface area contributed by atoms with E-state index in [2.05, 4.69) is 35.9 Å². The summed E-state index contributed by atoms with van der Waals surface area (Å²) in [6.07, 6.45) is 5.86. The van der Waals surface area contributed by atoms with Crippen molar-refractivity contribution >= 4 is 11.0 Å². The Balaban J connectivity index is 1.84. The van der Waals surface area contributed by atoms with Crippen LogP contribution in [0.3, 0.4) is 0 Å². The number of benzene rings is 1. The number of rotatable bonds is 2. The van der Waals surface area contributed by atoms with E-state index < -0.39 is 0 Å². The van der Waals surface area contributed by atoms with Gasteiger partial charge in [-0.05, 0) is 43.4 Å². The largest absolute Gasteiger partial charge is 0.331 e. The van der Waals surface area contributed by atoms with Crippen molar-refractivity contribution in [2.75, 3.05) is 0 Å². The Labute approximate surface area is 112 Å². The first-order chi connectivity index (χ1) is 9.23. The Morgan fingerprint density at radius 2 is 2.16 bits per heavy atom. The molecule has 3 nitrogen and oxygen atoms in total. The zero-order valence-corrected chi connectivity index (χ0v) is 11.2. The highest BCUT2D eigenvalue weighted by Crippen LogP contribution is 2.48. The van der Waals surface area contributed by atoms with Crippen molar-refractivity contribution in [1.29, 1.82) is 5.26 Å². The van der Waals surface area contributed by atoms with Gasteiger partial charge in [0.25, 0.3) is 0 Å². The maximum atomic E-state index is 9.30. The molecule has 1 heterocycles. The molecular formula is C16H17N3. The maximum Gasteiger partial charge on any atom is 0.112 e. The predicted octanol–water partition coefficient (Wildman–Crippen LogP) is 3.40. The number of aromatic nitrogens is 2. The highest BCUT2D eigenvalue weighted by atomic mass is 15.1. The van der Waals surface area contributed by atoms with Crippen LogP contribution in [0.15, 0.2) is 18.2 Å². The van der Waals surface area contributed by atoms with Gasteiger partial charge in [-0.25, -0.2) is 4.98 Å². The fourth-order valence-electron chi connectivity index (χ4n) is 3.14. The summed E-state index contributed by atoms with van der Waals surface area (Å²) in [7, 11) is 2.11. The van der Waals surface area contributed by atoms with Crippen molar-refractivity contribution in [3.05, 3.63) is 29.6 Å². The van der Waals surface area contributed by atoms with Gasteiger partial charge in [0.05, 0.1) is 22.5 Å². The lowest BCUT2D eigenvalue weighted by atomic mass is 9.85. The third-order valence-electron chi connectivity index (χ3n) is 4.90. The van der Waals surface area contributed by atoms with Gasteiger partial charge in [-0.2, -0.15) is 5.26 Å². The van der Waals surface area contributed by atoms with Crippen LogP contribution in [0, 0.1) is 11.3 Å². The molecule has 2 aromatic rings. The molecule has 1 aromatic carbocycles. The van der Waals surface area contributed by atoms with Crippen molar-refractivity contribution in [2.24, 2.45) is 7.05 Å². The topological polar surface area (TPSA) is 41.6 Å². The zero-order valence-electron chi connectivity index (χ0n) is 11.2. The lowest BCUT2D eigenvalue weighted by Crippen LogP contribution is -2.13.